The van der Waals surface area contributed by atoms with E-state index in [0.29, 0.717) is 6.42 Å². The first-order valence-corrected chi connectivity index (χ1v) is 4.49. The Bertz CT molecular complexity index is 226. The Kier molecular flexibility index (Phi) is 6.60. The van der Waals surface area contributed by atoms with Crippen LogP contribution in [0.1, 0.15) is 26.7 Å². The molecule has 13 heavy (non-hydrogen) atoms. The number of hydrogen-bond acceptors (Lipinski definition) is 1. The van der Waals surface area contributed by atoms with E-state index in [9.17, 15) is 4.79 Å². The number of carbonyl (C=O) groups excluding carboxylic acids is 1. The molecule has 2 nitrogen and oxygen atoms in total. The Morgan fingerprint density at radius 2 is 2.23 bits per heavy atom. The lowest BCUT2D eigenvalue weighted by Crippen LogP contribution is -2.20. The average Bonchev–Trinajstić information content (AvgIpc) is 2.05. The van der Waals surface area contributed by atoms with Crippen LogP contribution >= 0.6 is 0 Å². The lowest BCUT2D eigenvalue weighted by molar-refractivity contribution is -0.120. The zero-order valence-corrected chi connectivity index (χ0v) is 8.34. The second-order valence-corrected chi connectivity index (χ2v) is 2.66. The van der Waals surface area contributed by atoms with Gasteiger partial charge in [-0.25, -0.2) is 0 Å². The van der Waals surface area contributed by atoms with Crippen LogP contribution in [0.5, 0.6) is 0 Å². The van der Waals surface area contributed by atoms with Gasteiger partial charge in [0.25, 0.3) is 0 Å². The molecular weight excluding hydrogens is 162 g/mol. The van der Waals surface area contributed by atoms with Crippen molar-refractivity contribution in [2.45, 2.75) is 26.7 Å². The van der Waals surface area contributed by atoms with Crippen molar-refractivity contribution in [1.82, 2.24) is 5.32 Å². The molecule has 0 aliphatic rings. The summed E-state index contributed by atoms with van der Waals surface area (Å²) >= 11 is 0. The maximum atomic E-state index is 11.2. The molecular formula is C11H17NO. The molecule has 72 valence electrons. The molecule has 1 N–H and O–H groups in total. The van der Waals surface area contributed by atoms with Crippen molar-refractivity contribution in [2.24, 2.45) is 0 Å². The first-order valence-electron chi connectivity index (χ1n) is 4.49. The van der Waals surface area contributed by atoms with E-state index < -0.39 is 0 Å². The van der Waals surface area contributed by atoms with Crippen LogP contribution in [-0.4, -0.2) is 5.91 Å². The minimum Gasteiger partial charge on any atom is -0.326 e. The standard InChI is InChI=1S/C11H17NO/c1-4-7-10(8-5-2)12-11(13)9-6-3/h4-5,7-8H,1,6,9H2,2-3H3,(H,12,13)/b8-5-,10-7+. The van der Waals surface area contributed by atoms with Crippen LogP contribution < -0.4 is 5.32 Å². The molecule has 0 bridgehead atoms. The van der Waals surface area contributed by atoms with Crippen molar-refractivity contribution in [3.05, 3.63) is 36.6 Å². The molecule has 0 atom stereocenters. The van der Waals surface area contributed by atoms with Crippen LogP contribution in [0.15, 0.2) is 36.6 Å². The molecule has 0 radical (unpaired) electrons. The van der Waals surface area contributed by atoms with Gasteiger partial charge in [0, 0.05) is 12.1 Å². The minimum atomic E-state index is 0.0497. The van der Waals surface area contributed by atoms with E-state index in [1.165, 1.54) is 0 Å². The van der Waals surface area contributed by atoms with E-state index in [-0.39, 0.29) is 5.91 Å². The Morgan fingerprint density at radius 1 is 1.54 bits per heavy atom. The summed E-state index contributed by atoms with van der Waals surface area (Å²) in [5.41, 5.74) is 0.788. The third kappa shape index (κ3) is 5.91. The van der Waals surface area contributed by atoms with Gasteiger partial charge in [-0.1, -0.05) is 25.7 Å². The fourth-order valence-electron chi connectivity index (χ4n) is 0.896. The highest BCUT2D eigenvalue weighted by Gasteiger charge is 1.98. The molecule has 0 spiro atoms. The third-order valence-electron chi connectivity index (χ3n) is 1.40. The Balaban J connectivity index is 4.18. The van der Waals surface area contributed by atoms with Crippen LogP contribution in [0.4, 0.5) is 0 Å². The molecule has 0 heterocycles. The molecule has 2 heteroatoms. The molecule has 0 aromatic carbocycles. The maximum Gasteiger partial charge on any atom is 0.224 e. The number of allylic oxidation sites excluding steroid dienone is 4. The molecule has 0 aromatic heterocycles. The van der Waals surface area contributed by atoms with Gasteiger partial charge in [0.05, 0.1) is 0 Å². The molecule has 1 amide bonds. The number of carbonyl (C=O) groups is 1. The molecule has 0 fully saturated rings. The van der Waals surface area contributed by atoms with Gasteiger partial charge in [-0.3, -0.25) is 4.79 Å². The highest BCUT2D eigenvalue weighted by Crippen LogP contribution is 1.95. The predicted octanol–water partition coefficient (Wildman–Crippen LogP) is 2.55. The smallest absolute Gasteiger partial charge is 0.224 e. The SMILES string of the molecule is C=C/C=C(\C=C/C)NC(=O)CCC. The first-order chi connectivity index (χ1) is 6.24. The van der Waals surface area contributed by atoms with Crippen LogP contribution in [0.2, 0.25) is 0 Å². The second-order valence-electron chi connectivity index (χ2n) is 2.66. The molecule has 0 rings (SSSR count). The average molecular weight is 179 g/mol. The van der Waals surface area contributed by atoms with Crippen molar-refractivity contribution >= 4 is 5.91 Å². The highest BCUT2D eigenvalue weighted by atomic mass is 16.1. The molecule has 0 saturated carbocycles. The summed E-state index contributed by atoms with van der Waals surface area (Å²) in [6.07, 6.45) is 8.57. The Labute approximate surface area is 80.0 Å². The predicted molar refractivity (Wildman–Crippen MR) is 56.1 cm³/mol. The van der Waals surface area contributed by atoms with Gasteiger partial charge in [0.15, 0.2) is 0 Å². The van der Waals surface area contributed by atoms with Gasteiger partial charge in [0.2, 0.25) is 5.91 Å². The quantitative estimate of drug-likeness (QED) is 0.646. The number of amides is 1. The summed E-state index contributed by atoms with van der Waals surface area (Å²) in [6, 6.07) is 0. The van der Waals surface area contributed by atoms with E-state index >= 15 is 0 Å². The highest BCUT2D eigenvalue weighted by molar-refractivity contribution is 5.78. The maximum absolute atomic E-state index is 11.2. The molecule has 0 saturated heterocycles. The largest absolute Gasteiger partial charge is 0.326 e. The van der Waals surface area contributed by atoms with E-state index in [1.807, 2.05) is 26.0 Å². The van der Waals surface area contributed by atoms with Crippen molar-refractivity contribution in [2.75, 3.05) is 0 Å². The summed E-state index contributed by atoms with van der Waals surface area (Å²) in [4.78, 5) is 11.2. The van der Waals surface area contributed by atoms with Gasteiger partial charge >= 0.3 is 0 Å². The zero-order valence-electron chi connectivity index (χ0n) is 8.34. The number of nitrogens with one attached hydrogen (secondary N) is 1. The molecule has 0 unspecified atom stereocenters. The van der Waals surface area contributed by atoms with Crippen LogP contribution in [0.3, 0.4) is 0 Å². The Hall–Kier alpha value is -1.31. The summed E-state index contributed by atoms with van der Waals surface area (Å²) in [5, 5.41) is 2.78. The van der Waals surface area contributed by atoms with Gasteiger partial charge in [-0.2, -0.15) is 0 Å². The first kappa shape index (κ1) is 11.7. The summed E-state index contributed by atoms with van der Waals surface area (Å²) in [5.74, 6) is 0.0497. The summed E-state index contributed by atoms with van der Waals surface area (Å²) in [6.45, 7) is 7.46. The van der Waals surface area contributed by atoms with Crippen LogP contribution in [0.25, 0.3) is 0 Å². The monoisotopic (exact) mass is 179 g/mol. The lowest BCUT2D eigenvalue weighted by atomic mass is 10.3. The van der Waals surface area contributed by atoms with Crippen LogP contribution in [0, 0.1) is 0 Å². The molecule has 0 aliphatic carbocycles. The van der Waals surface area contributed by atoms with Crippen molar-refractivity contribution in [3.8, 4) is 0 Å². The zero-order chi connectivity index (χ0) is 10.1. The van der Waals surface area contributed by atoms with E-state index in [4.69, 9.17) is 0 Å². The second kappa shape index (κ2) is 7.35. The topological polar surface area (TPSA) is 29.1 Å². The summed E-state index contributed by atoms with van der Waals surface area (Å²) in [7, 11) is 0. The van der Waals surface area contributed by atoms with E-state index in [2.05, 4.69) is 11.9 Å². The van der Waals surface area contributed by atoms with Crippen molar-refractivity contribution in [3.63, 3.8) is 0 Å². The van der Waals surface area contributed by atoms with Crippen molar-refractivity contribution < 1.29 is 4.79 Å². The van der Waals surface area contributed by atoms with Gasteiger partial charge in [-0.05, 0) is 25.5 Å². The van der Waals surface area contributed by atoms with Gasteiger partial charge < -0.3 is 5.32 Å². The van der Waals surface area contributed by atoms with Gasteiger partial charge in [0.1, 0.15) is 0 Å². The van der Waals surface area contributed by atoms with Crippen molar-refractivity contribution in [1.29, 1.82) is 0 Å². The fourth-order valence-corrected chi connectivity index (χ4v) is 0.896. The summed E-state index contributed by atoms with van der Waals surface area (Å²) < 4.78 is 0. The Morgan fingerprint density at radius 3 is 2.69 bits per heavy atom. The van der Waals surface area contributed by atoms with Crippen LogP contribution in [-0.2, 0) is 4.79 Å². The normalized spacial score (nSPS) is 11.7. The van der Waals surface area contributed by atoms with E-state index in [1.54, 1.807) is 12.2 Å². The number of rotatable bonds is 5. The minimum absolute atomic E-state index is 0.0497. The number of hydrogen-bond donors (Lipinski definition) is 1. The fraction of sp³-hybridized carbons (Fsp3) is 0.364. The third-order valence-corrected chi connectivity index (χ3v) is 1.40. The van der Waals surface area contributed by atoms with E-state index in [0.717, 1.165) is 12.1 Å². The molecule has 0 aliphatic heterocycles. The molecule has 0 aromatic rings. The lowest BCUT2D eigenvalue weighted by Gasteiger charge is -2.03. The van der Waals surface area contributed by atoms with Gasteiger partial charge in [-0.15, -0.1) is 0 Å².